The van der Waals surface area contributed by atoms with E-state index in [1.807, 2.05) is 72.8 Å². The third-order valence-electron chi connectivity index (χ3n) is 5.11. The predicted octanol–water partition coefficient (Wildman–Crippen LogP) is 5.63. The van der Waals surface area contributed by atoms with Crippen LogP contribution in [0.25, 0.3) is 11.1 Å². The van der Waals surface area contributed by atoms with E-state index in [4.69, 9.17) is 4.74 Å². The highest BCUT2D eigenvalue weighted by Crippen LogP contribution is 2.22. The number of ether oxygens (including phenoxy) is 1. The third-order valence-corrected chi connectivity index (χ3v) is 5.11. The van der Waals surface area contributed by atoms with Crippen LogP contribution in [0.15, 0.2) is 109 Å². The van der Waals surface area contributed by atoms with Gasteiger partial charge in [-0.25, -0.2) is 0 Å². The summed E-state index contributed by atoms with van der Waals surface area (Å²) in [6.07, 6.45) is -0.593. The topological polar surface area (TPSA) is 53.5 Å². The van der Waals surface area contributed by atoms with Crippen molar-refractivity contribution in [2.45, 2.75) is 12.6 Å². The molecule has 4 rings (SSSR count). The molecule has 32 heavy (non-hydrogen) atoms. The summed E-state index contributed by atoms with van der Waals surface area (Å²) in [7, 11) is 0. The first-order valence-corrected chi connectivity index (χ1v) is 10.8. The smallest absolute Gasteiger partial charge is 0.121 e. The van der Waals surface area contributed by atoms with E-state index < -0.39 is 6.10 Å². The molecule has 0 amide bonds. The minimum atomic E-state index is -0.593. The summed E-state index contributed by atoms with van der Waals surface area (Å²) in [5.41, 5.74) is 5.55. The molecule has 0 bridgehead atoms. The van der Waals surface area contributed by atoms with Crippen LogP contribution in [0, 0.1) is 0 Å². The molecule has 0 fully saturated rings. The van der Waals surface area contributed by atoms with E-state index >= 15 is 0 Å². The fourth-order valence-electron chi connectivity index (χ4n) is 3.43. The first-order valence-electron chi connectivity index (χ1n) is 10.8. The zero-order valence-electron chi connectivity index (χ0n) is 17.9. The summed E-state index contributed by atoms with van der Waals surface area (Å²) in [6, 6.07) is 36.6. The van der Waals surface area contributed by atoms with Crippen molar-refractivity contribution in [2.75, 3.05) is 18.5 Å². The Bertz CT molecular complexity index is 1080. The van der Waals surface area contributed by atoms with E-state index in [0.717, 1.165) is 17.1 Å². The summed E-state index contributed by atoms with van der Waals surface area (Å²) < 4.78 is 5.78. The molecular formula is C28H28N2O2. The van der Waals surface area contributed by atoms with Crippen molar-refractivity contribution >= 4 is 11.4 Å². The van der Waals surface area contributed by atoms with E-state index in [1.54, 1.807) is 0 Å². The molecule has 0 saturated carbocycles. The van der Waals surface area contributed by atoms with Crippen LogP contribution in [-0.2, 0) is 6.54 Å². The lowest BCUT2D eigenvalue weighted by atomic mass is 10.0. The third kappa shape index (κ3) is 6.45. The Morgan fingerprint density at radius 3 is 2.09 bits per heavy atom. The summed E-state index contributed by atoms with van der Waals surface area (Å²) in [4.78, 5) is 0. The molecule has 0 aliphatic rings. The van der Waals surface area contributed by atoms with Crippen LogP contribution < -0.4 is 15.4 Å². The van der Waals surface area contributed by atoms with Gasteiger partial charge in [0.2, 0.25) is 0 Å². The van der Waals surface area contributed by atoms with Crippen LogP contribution in [0.5, 0.6) is 5.75 Å². The van der Waals surface area contributed by atoms with Gasteiger partial charge >= 0.3 is 0 Å². The molecule has 0 spiro atoms. The fraction of sp³-hybridized carbons (Fsp3) is 0.143. The summed E-state index contributed by atoms with van der Waals surface area (Å²) in [6.45, 7) is 1.39. The minimum absolute atomic E-state index is 0.231. The lowest BCUT2D eigenvalue weighted by molar-refractivity contribution is 0.106. The molecule has 0 aliphatic heterocycles. The number of hydrogen-bond donors (Lipinski definition) is 3. The number of benzene rings is 4. The molecule has 0 aliphatic carbocycles. The molecule has 4 aromatic carbocycles. The van der Waals surface area contributed by atoms with Crippen molar-refractivity contribution in [2.24, 2.45) is 0 Å². The Morgan fingerprint density at radius 1 is 0.688 bits per heavy atom. The highest BCUT2D eigenvalue weighted by molar-refractivity contribution is 5.63. The number of aliphatic hydroxyl groups excluding tert-OH is 1. The number of rotatable bonds is 10. The fourth-order valence-corrected chi connectivity index (χ4v) is 3.43. The average Bonchev–Trinajstić information content (AvgIpc) is 2.85. The molecule has 162 valence electrons. The Labute approximate surface area is 189 Å². The maximum absolute atomic E-state index is 10.3. The average molecular weight is 425 g/mol. The molecule has 0 heterocycles. The van der Waals surface area contributed by atoms with Crippen LogP contribution >= 0.6 is 0 Å². The van der Waals surface area contributed by atoms with Crippen LogP contribution in [0.1, 0.15) is 5.56 Å². The highest BCUT2D eigenvalue weighted by atomic mass is 16.5. The Morgan fingerprint density at radius 2 is 1.34 bits per heavy atom. The number of aliphatic hydroxyl groups is 1. The van der Waals surface area contributed by atoms with Gasteiger partial charge in [0.1, 0.15) is 18.5 Å². The maximum Gasteiger partial charge on any atom is 0.121 e. The van der Waals surface area contributed by atoms with Gasteiger partial charge in [-0.15, -0.1) is 0 Å². The van der Waals surface area contributed by atoms with Gasteiger partial charge in [-0.05, 0) is 41.0 Å². The first-order chi connectivity index (χ1) is 15.8. The molecule has 1 unspecified atom stereocenters. The zero-order valence-corrected chi connectivity index (χ0v) is 17.9. The maximum atomic E-state index is 10.3. The Balaban J connectivity index is 1.20. The van der Waals surface area contributed by atoms with Gasteiger partial charge < -0.3 is 20.5 Å². The normalized spacial score (nSPS) is 11.7. The molecule has 0 radical (unpaired) electrons. The second-order valence-corrected chi connectivity index (χ2v) is 7.68. The predicted molar refractivity (Wildman–Crippen MR) is 131 cm³/mol. The van der Waals surface area contributed by atoms with E-state index in [0.29, 0.717) is 13.1 Å². The molecule has 1 atom stereocenters. The van der Waals surface area contributed by atoms with Crippen molar-refractivity contribution in [3.63, 3.8) is 0 Å². The number of hydrogen-bond acceptors (Lipinski definition) is 4. The highest BCUT2D eigenvalue weighted by Gasteiger charge is 2.06. The summed E-state index contributed by atoms with van der Waals surface area (Å²) in [5.74, 6) is 0.724. The van der Waals surface area contributed by atoms with Gasteiger partial charge in [0.05, 0.1) is 0 Å². The monoisotopic (exact) mass is 424 g/mol. The zero-order chi connectivity index (χ0) is 22.0. The quantitative estimate of drug-likeness (QED) is 0.309. The van der Waals surface area contributed by atoms with Crippen LogP contribution in [-0.4, -0.2) is 24.4 Å². The van der Waals surface area contributed by atoms with Crippen molar-refractivity contribution in [3.8, 4) is 16.9 Å². The van der Waals surface area contributed by atoms with Gasteiger partial charge in [-0.1, -0.05) is 78.9 Å². The molecule has 3 N–H and O–H groups in total. The van der Waals surface area contributed by atoms with Gasteiger partial charge in [-0.2, -0.15) is 0 Å². The molecule has 0 aromatic heterocycles. The van der Waals surface area contributed by atoms with Gasteiger partial charge in [-0.3, -0.25) is 0 Å². The van der Waals surface area contributed by atoms with Gasteiger partial charge in [0.15, 0.2) is 0 Å². The molecule has 4 aromatic rings. The van der Waals surface area contributed by atoms with Crippen LogP contribution in [0.3, 0.4) is 0 Å². The van der Waals surface area contributed by atoms with Crippen molar-refractivity contribution in [1.82, 2.24) is 5.32 Å². The lowest BCUT2D eigenvalue weighted by Gasteiger charge is -2.14. The van der Waals surface area contributed by atoms with Crippen molar-refractivity contribution in [3.05, 3.63) is 115 Å². The number of nitrogens with one attached hydrogen (secondary N) is 2. The van der Waals surface area contributed by atoms with Gasteiger partial charge in [0, 0.05) is 30.5 Å². The summed E-state index contributed by atoms with van der Waals surface area (Å²) in [5, 5.41) is 16.9. The van der Waals surface area contributed by atoms with Crippen molar-refractivity contribution < 1.29 is 9.84 Å². The van der Waals surface area contributed by atoms with E-state index in [-0.39, 0.29) is 6.61 Å². The lowest BCUT2D eigenvalue weighted by Crippen LogP contribution is -2.31. The van der Waals surface area contributed by atoms with E-state index in [9.17, 15) is 5.11 Å². The Kier molecular flexibility index (Phi) is 7.53. The minimum Gasteiger partial charge on any atom is -0.491 e. The Hall–Kier alpha value is -3.60. The first kappa shape index (κ1) is 21.6. The molecule has 0 saturated heterocycles. The van der Waals surface area contributed by atoms with Crippen LogP contribution in [0.4, 0.5) is 11.4 Å². The number of para-hydroxylation sites is 1. The molecular weight excluding hydrogens is 396 g/mol. The summed E-state index contributed by atoms with van der Waals surface area (Å²) >= 11 is 0. The van der Waals surface area contributed by atoms with Gasteiger partial charge in [0.25, 0.3) is 0 Å². The number of anilines is 2. The van der Waals surface area contributed by atoms with Crippen molar-refractivity contribution in [1.29, 1.82) is 0 Å². The second kappa shape index (κ2) is 11.1. The second-order valence-electron chi connectivity index (χ2n) is 7.68. The standard InChI is InChI=1S/C28H28N2O2/c31-27(20-29-19-22-14-16-24(17-15-22)23-8-3-1-4-9-23)21-32-28-13-7-12-26(18-28)30-25-10-5-2-6-11-25/h1-18,27,29-31H,19-21H2. The van der Waals surface area contributed by atoms with E-state index in [1.165, 1.54) is 16.7 Å². The van der Waals surface area contributed by atoms with E-state index in [2.05, 4.69) is 47.0 Å². The largest absolute Gasteiger partial charge is 0.491 e. The molecule has 4 nitrogen and oxygen atoms in total. The van der Waals surface area contributed by atoms with Crippen LogP contribution in [0.2, 0.25) is 0 Å². The molecule has 4 heteroatoms. The SMILES string of the molecule is OC(CNCc1ccc(-c2ccccc2)cc1)COc1cccc(Nc2ccccc2)c1.